The quantitative estimate of drug-likeness (QED) is 0.825. The second-order valence-electron chi connectivity index (χ2n) is 4.85. The van der Waals surface area contributed by atoms with Crippen molar-refractivity contribution >= 4 is 28.5 Å². The summed E-state index contributed by atoms with van der Waals surface area (Å²) in [5.74, 6) is -0.000494. The minimum Gasteiger partial charge on any atom is -0.391 e. The number of hydrogen-bond acceptors (Lipinski definition) is 2. The summed E-state index contributed by atoms with van der Waals surface area (Å²) in [5, 5.41) is 9.99. The number of aliphatic hydroxyl groups is 1. The van der Waals surface area contributed by atoms with Crippen molar-refractivity contribution in [2.24, 2.45) is 0 Å². The largest absolute Gasteiger partial charge is 0.391 e. The van der Waals surface area contributed by atoms with Crippen LogP contribution in [0.25, 0.3) is 0 Å². The molecule has 4 heteroatoms. The van der Waals surface area contributed by atoms with E-state index in [9.17, 15) is 9.90 Å². The number of nitrogens with zero attached hydrogens (tertiary/aromatic N) is 1. The highest BCUT2D eigenvalue weighted by molar-refractivity contribution is 14.1. The monoisotopic (exact) mass is 359 g/mol. The van der Waals surface area contributed by atoms with Crippen molar-refractivity contribution in [2.45, 2.75) is 37.8 Å². The van der Waals surface area contributed by atoms with Crippen molar-refractivity contribution in [1.82, 2.24) is 4.90 Å². The molecule has 18 heavy (non-hydrogen) atoms. The summed E-state index contributed by atoms with van der Waals surface area (Å²) in [6.07, 6.45) is 3.46. The fourth-order valence-corrected chi connectivity index (χ4v) is 3.06. The molecule has 0 saturated heterocycles. The van der Waals surface area contributed by atoms with Crippen molar-refractivity contribution in [3.8, 4) is 0 Å². The van der Waals surface area contributed by atoms with Crippen molar-refractivity contribution in [3.05, 3.63) is 33.4 Å². The van der Waals surface area contributed by atoms with Crippen LogP contribution in [0.4, 0.5) is 0 Å². The third-order valence-electron chi connectivity index (χ3n) is 3.58. The Labute approximate surface area is 121 Å². The summed E-state index contributed by atoms with van der Waals surface area (Å²) < 4.78 is 1.05. The number of likely N-dealkylation sites (N-methyl/N-ethyl adjacent to an activating group) is 1. The Balaban J connectivity index is 2.13. The van der Waals surface area contributed by atoms with Gasteiger partial charge in [-0.3, -0.25) is 4.79 Å². The highest BCUT2D eigenvalue weighted by Gasteiger charge is 2.29. The normalized spacial score (nSPS) is 23.7. The van der Waals surface area contributed by atoms with Gasteiger partial charge in [-0.2, -0.15) is 0 Å². The average molecular weight is 359 g/mol. The Morgan fingerprint density at radius 1 is 1.39 bits per heavy atom. The smallest absolute Gasteiger partial charge is 0.253 e. The maximum absolute atomic E-state index is 12.4. The Hall–Kier alpha value is -0.620. The zero-order valence-electron chi connectivity index (χ0n) is 10.5. The predicted molar refractivity (Wildman–Crippen MR) is 79.5 cm³/mol. The number of carbonyl (C=O) groups is 1. The van der Waals surface area contributed by atoms with E-state index in [4.69, 9.17) is 0 Å². The van der Waals surface area contributed by atoms with Crippen molar-refractivity contribution < 1.29 is 9.90 Å². The molecule has 2 atom stereocenters. The van der Waals surface area contributed by atoms with Gasteiger partial charge in [0, 0.05) is 16.2 Å². The molecule has 3 nitrogen and oxygen atoms in total. The van der Waals surface area contributed by atoms with E-state index in [0.29, 0.717) is 5.56 Å². The molecule has 0 radical (unpaired) electrons. The maximum atomic E-state index is 12.4. The van der Waals surface area contributed by atoms with Gasteiger partial charge >= 0.3 is 0 Å². The lowest BCUT2D eigenvalue weighted by Crippen LogP contribution is -2.46. The summed E-state index contributed by atoms with van der Waals surface area (Å²) >= 11 is 2.20. The number of amides is 1. The Kier molecular flexibility index (Phi) is 4.61. The molecule has 1 fully saturated rings. The van der Waals surface area contributed by atoms with Gasteiger partial charge in [0.1, 0.15) is 0 Å². The first kappa shape index (κ1) is 13.8. The first-order chi connectivity index (χ1) is 8.59. The molecule has 0 bridgehead atoms. The molecule has 0 spiro atoms. The number of halogens is 1. The maximum Gasteiger partial charge on any atom is 0.253 e. The van der Waals surface area contributed by atoms with E-state index in [1.54, 1.807) is 11.9 Å². The highest BCUT2D eigenvalue weighted by Crippen LogP contribution is 2.23. The van der Waals surface area contributed by atoms with Gasteiger partial charge in [-0.05, 0) is 53.6 Å². The first-order valence-electron chi connectivity index (χ1n) is 6.30. The van der Waals surface area contributed by atoms with Crippen LogP contribution in [0.15, 0.2) is 24.3 Å². The van der Waals surface area contributed by atoms with Crippen LogP contribution in [0.1, 0.15) is 36.0 Å². The molecule has 0 aliphatic heterocycles. The van der Waals surface area contributed by atoms with E-state index in [1.807, 2.05) is 24.3 Å². The van der Waals surface area contributed by atoms with Crippen LogP contribution in [0.2, 0.25) is 0 Å². The van der Waals surface area contributed by atoms with Crippen molar-refractivity contribution in [1.29, 1.82) is 0 Å². The molecule has 1 aliphatic rings. The lowest BCUT2D eigenvalue weighted by atomic mass is 9.91. The van der Waals surface area contributed by atoms with Gasteiger partial charge in [0.25, 0.3) is 5.91 Å². The number of aliphatic hydroxyl groups excluding tert-OH is 1. The van der Waals surface area contributed by atoms with Crippen LogP contribution in [-0.4, -0.2) is 35.1 Å². The van der Waals surface area contributed by atoms with Gasteiger partial charge in [0.05, 0.1) is 12.1 Å². The van der Waals surface area contributed by atoms with E-state index >= 15 is 0 Å². The highest BCUT2D eigenvalue weighted by atomic mass is 127. The molecule has 0 heterocycles. The van der Waals surface area contributed by atoms with Gasteiger partial charge in [-0.1, -0.05) is 18.9 Å². The summed E-state index contributed by atoms with van der Waals surface area (Å²) in [6.45, 7) is 0. The molecule has 1 saturated carbocycles. The van der Waals surface area contributed by atoms with Crippen LogP contribution < -0.4 is 0 Å². The van der Waals surface area contributed by atoms with E-state index in [1.165, 1.54) is 0 Å². The molecule has 1 aromatic rings. The topological polar surface area (TPSA) is 40.5 Å². The van der Waals surface area contributed by atoms with Gasteiger partial charge in [-0.25, -0.2) is 0 Å². The Morgan fingerprint density at radius 3 is 2.78 bits per heavy atom. The first-order valence-corrected chi connectivity index (χ1v) is 7.38. The number of benzene rings is 1. The molecular weight excluding hydrogens is 341 g/mol. The van der Waals surface area contributed by atoms with E-state index in [0.717, 1.165) is 29.3 Å². The molecule has 2 rings (SSSR count). The van der Waals surface area contributed by atoms with E-state index < -0.39 is 0 Å². The molecule has 1 N–H and O–H groups in total. The standard InChI is InChI=1S/C14H18INO2/c1-16(12-7-2-3-8-13(12)17)14(18)10-5-4-6-11(15)9-10/h4-6,9,12-13,17H,2-3,7-8H2,1H3. The number of rotatable bonds is 2. The molecule has 1 aromatic carbocycles. The lowest BCUT2D eigenvalue weighted by molar-refractivity contribution is 0.0268. The fraction of sp³-hybridized carbons (Fsp3) is 0.500. The molecule has 1 amide bonds. The van der Waals surface area contributed by atoms with Gasteiger partial charge in [0.15, 0.2) is 0 Å². The van der Waals surface area contributed by atoms with E-state index in [2.05, 4.69) is 22.6 Å². The zero-order chi connectivity index (χ0) is 13.1. The minimum atomic E-state index is -0.379. The Morgan fingerprint density at radius 2 is 2.11 bits per heavy atom. The molecule has 98 valence electrons. The van der Waals surface area contributed by atoms with Gasteiger partial charge < -0.3 is 10.0 Å². The van der Waals surface area contributed by atoms with Crippen molar-refractivity contribution in [3.63, 3.8) is 0 Å². The third kappa shape index (κ3) is 3.03. The predicted octanol–water partition coefficient (Wildman–Crippen LogP) is 2.67. The summed E-state index contributed by atoms with van der Waals surface area (Å²) in [7, 11) is 1.79. The van der Waals surface area contributed by atoms with Crippen LogP contribution in [0.5, 0.6) is 0 Å². The van der Waals surface area contributed by atoms with Gasteiger partial charge in [0.2, 0.25) is 0 Å². The zero-order valence-corrected chi connectivity index (χ0v) is 12.6. The number of carbonyl (C=O) groups excluding carboxylic acids is 1. The molecule has 1 aliphatic carbocycles. The molecular formula is C14H18INO2. The second-order valence-corrected chi connectivity index (χ2v) is 6.09. The second kappa shape index (κ2) is 6.02. The van der Waals surface area contributed by atoms with Crippen LogP contribution >= 0.6 is 22.6 Å². The summed E-state index contributed by atoms with van der Waals surface area (Å²) in [4.78, 5) is 14.1. The third-order valence-corrected chi connectivity index (χ3v) is 4.25. The van der Waals surface area contributed by atoms with E-state index in [-0.39, 0.29) is 18.1 Å². The SMILES string of the molecule is CN(C(=O)c1cccc(I)c1)C1CCCCC1O. The van der Waals surface area contributed by atoms with Crippen LogP contribution in [0, 0.1) is 3.57 Å². The molecule has 2 unspecified atom stereocenters. The van der Waals surface area contributed by atoms with Crippen molar-refractivity contribution in [2.75, 3.05) is 7.05 Å². The Bertz CT molecular complexity index is 436. The number of hydrogen-bond donors (Lipinski definition) is 1. The molecule has 0 aromatic heterocycles. The van der Waals surface area contributed by atoms with Crippen LogP contribution in [0.3, 0.4) is 0 Å². The van der Waals surface area contributed by atoms with Crippen LogP contribution in [-0.2, 0) is 0 Å². The average Bonchev–Trinajstić information content (AvgIpc) is 2.37. The van der Waals surface area contributed by atoms with Gasteiger partial charge in [-0.15, -0.1) is 0 Å². The summed E-state index contributed by atoms with van der Waals surface area (Å²) in [5.41, 5.74) is 0.696. The fourth-order valence-electron chi connectivity index (χ4n) is 2.52. The lowest BCUT2D eigenvalue weighted by Gasteiger charge is -2.35. The summed E-state index contributed by atoms with van der Waals surface area (Å²) in [6, 6.07) is 7.53. The minimum absolute atomic E-state index is 0.000494.